The minimum Gasteiger partial charge on any atom is -0.361 e. The maximum absolute atomic E-state index is 12.5. The number of nitrogens with zero attached hydrogens (tertiary/aromatic N) is 2. The van der Waals surface area contributed by atoms with E-state index in [1.54, 1.807) is 11.8 Å². The molecule has 1 fully saturated rings. The highest BCUT2D eigenvalue weighted by Crippen LogP contribution is 2.30. The Kier molecular flexibility index (Phi) is 5.29. The third kappa shape index (κ3) is 3.66. The zero-order valence-corrected chi connectivity index (χ0v) is 15.4. The van der Waals surface area contributed by atoms with Crippen LogP contribution in [0.5, 0.6) is 0 Å². The van der Waals surface area contributed by atoms with Gasteiger partial charge in [0.2, 0.25) is 5.91 Å². The molecule has 1 aliphatic rings. The maximum atomic E-state index is 12.5. The fourth-order valence-corrected chi connectivity index (χ4v) is 4.40. The summed E-state index contributed by atoms with van der Waals surface area (Å²) in [6, 6.07) is 8.51. The second kappa shape index (κ2) is 7.43. The molecule has 2 aromatic rings. The van der Waals surface area contributed by atoms with Crippen LogP contribution in [0, 0.1) is 20.8 Å². The van der Waals surface area contributed by atoms with Crippen molar-refractivity contribution in [1.82, 2.24) is 10.1 Å². The van der Waals surface area contributed by atoms with Crippen LogP contribution in [0.2, 0.25) is 0 Å². The highest BCUT2D eigenvalue weighted by Gasteiger charge is 2.27. The summed E-state index contributed by atoms with van der Waals surface area (Å²) < 4.78 is 5.17. The minimum atomic E-state index is 0.239. The number of hydrogen-bond acceptors (Lipinski definition) is 4. The number of carbonyl (C=O) groups is 1. The van der Waals surface area contributed by atoms with Crippen molar-refractivity contribution in [1.29, 1.82) is 0 Å². The van der Waals surface area contributed by atoms with Gasteiger partial charge in [-0.05, 0) is 38.3 Å². The quantitative estimate of drug-likeness (QED) is 0.826. The molecular formula is C19H24N2O2S. The van der Waals surface area contributed by atoms with Crippen molar-refractivity contribution < 1.29 is 9.32 Å². The van der Waals surface area contributed by atoms with Crippen molar-refractivity contribution >= 4 is 17.7 Å². The van der Waals surface area contributed by atoms with E-state index >= 15 is 0 Å². The summed E-state index contributed by atoms with van der Waals surface area (Å²) in [4.78, 5) is 14.5. The average Bonchev–Trinajstić information content (AvgIpc) is 3.17. The summed E-state index contributed by atoms with van der Waals surface area (Å²) >= 11 is 1.64. The standard InChI is InChI=1S/C19H24N2O2S/c1-13-6-4-5-7-17(13)16-8-9-21(10-16)19(22)12-24-11-18-14(2)20-23-15(18)3/h4-7,16H,8-12H2,1-3H3. The Labute approximate surface area is 147 Å². The van der Waals surface area contributed by atoms with E-state index in [1.165, 1.54) is 11.1 Å². The molecule has 24 heavy (non-hydrogen) atoms. The molecule has 1 aromatic carbocycles. The summed E-state index contributed by atoms with van der Waals surface area (Å²) in [5, 5.41) is 3.96. The van der Waals surface area contributed by atoms with Crippen LogP contribution in [0.15, 0.2) is 28.8 Å². The van der Waals surface area contributed by atoms with Crippen LogP contribution in [0.25, 0.3) is 0 Å². The number of aromatic nitrogens is 1. The molecule has 0 aliphatic carbocycles. The highest BCUT2D eigenvalue weighted by molar-refractivity contribution is 7.99. The third-order valence-corrected chi connectivity index (χ3v) is 5.77. The number of thioether (sulfide) groups is 1. The van der Waals surface area contributed by atoms with Gasteiger partial charge in [0.05, 0.1) is 11.4 Å². The molecule has 1 unspecified atom stereocenters. The van der Waals surface area contributed by atoms with E-state index in [4.69, 9.17) is 4.52 Å². The lowest BCUT2D eigenvalue weighted by Gasteiger charge is -2.17. The molecule has 3 rings (SSSR count). The summed E-state index contributed by atoms with van der Waals surface area (Å²) in [5.74, 6) is 2.87. The lowest BCUT2D eigenvalue weighted by molar-refractivity contribution is -0.127. The van der Waals surface area contributed by atoms with Crippen molar-refractivity contribution in [3.63, 3.8) is 0 Å². The molecule has 128 valence electrons. The first-order valence-electron chi connectivity index (χ1n) is 8.39. The van der Waals surface area contributed by atoms with Gasteiger partial charge in [-0.3, -0.25) is 4.79 Å². The van der Waals surface area contributed by atoms with Gasteiger partial charge in [-0.2, -0.15) is 0 Å². The molecule has 1 atom stereocenters. The second-order valence-corrected chi connectivity index (χ2v) is 7.46. The highest BCUT2D eigenvalue weighted by atomic mass is 32.2. The van der Waals surface area contributed by atoms with E-state index in [0.29, 0.717) is 11.7 Å². The van der Waals surface area contributed by atoms with Gasteiger partial charge in [0.1, 0.15) is 5.76 Å². The fourth-order valence-electron chi connectivity index (χ4n) is 3.33. The average molecular weight is 344 g/mol. The van der Waals surface area contributed by atoms with Gasteiger partial charge in [0, 0.05) is 30.3 Å². The van der Waals surface area contributed by atoms with Gasteiger partial charge in [0.25, 0.3) is 0 Å². The maximum Gasteiger partial charge on any atom is 0.232 e. The van der Waals surface area contributed by atoms with Crippen LogP contribution in [0.3, 0.4) is 0 Å². The topological polar surface area (TPSA) is 46.3 Å². The number of rotatable bonds is 5. The molecule has 2 heterocycles. The van der Waals surface area contributed by atoms with E-state index in [9.17, 15) is 4.79 Å². The van der Waals surface area contributed by atoms with Gasteiger partial charge >= 0.3 is 0 Å². The van der Waals surface area contributed by atoms with E-state index in [1.807, 2.05) is 18.7 Å². The van der Waals surface area contributed by atoms with E-state index in [0.717, 1.165) is 42.3 Å². The van der Waals surface area contributed by atoms with Crippen LogP contribution >= 0.6 is 11.8 Å². The predicted octanol–water partition coefficient (Wildman–Crippen LogP) is 3.85. The molecule has 0 spiro atoms. The molecule has 4 nitrogen and oxygen atoms in total. The normalized spacial score (nSPS) is 17.5. The molecule has 1 amide bonds. The van der Waals surface area contributed by atoms with E-state index in [2.05, 4.69) is 36.3 Å². The molecule has 0 N–H and O–H groups in total. The molecule has 0 bridgehead atoms. The molecule has 1 saturated heterocycles. The van der Waals surface area contributed by atoms with Crippen molar-refractivity contribution in [2.24, 2.45) is 0 Å². The molecule has 1 aromatic heterocycles. The van der Waals surface area contributed by atoms with E-state index < -0.39 is 0 Å². The smallest absolute Gasteiger partial charge is 0.232 e. The van der Waals surface area contributed by atoms with Crippen molar-refractivity contribution in [2.45, 2.75) is 38.9 Å². The van der Waals surface area contributed by atoms with Gasteiger partial charge in [-0.25, -0.2) is 0 Å². The Morgan fingerprint density at radius 2 is 2.12 bits per heavy atom. The SMILES string of the molecule is Cc1ccccc1C1CCN(C(=O)CSCc2c(C)noc2C)C1. The second-order valence-electron chi connectivity index (χ2n) is 6.48. The fraction of sp³-hybridized carbons (Fsp3) is 0.474. The van der Waals surface area contributed by atoms with Crippen LogP contribution in [0.1, 0.15) is 40.5 Å². The Morgan fingerprint density at radius 3 is 2.83 bits per heavy atom. The van der Waals surface area contributed by atoms with Crippen molar-refractivity contribution in [3.8, 4) is 0 Å². The number of amides is 1. The molecule has 1 aliphatic heterocycles. The minimum absolute atomic E-state index is 0.239. The summed E-state index contributed by atoms with van der Waals surface area (Å²) in [6.07, 6.45) is 1.06. The number of aryl methyl sites for hydroxylation is 3. The van der Waals surface area contributed by atoms with Crippen LogP contribution in [-0.2, 0) is 10.5 Å². The molecule has 5 heteroatoms. The summed E-state index contributed by atoms with van der Waals surface area (Å²) in [7, 11) is 0. The summed E-state index contributed by atoms with van der Waals surface area (Å²) in [5.41, 5.74) is 4.75. The third-order valence-electron chi connectivity index (χ3n) is 4.82. The largest absolute Gasteiger partial charge is 0.361 e. The predicted molar refractivity (Wildman–Crippen MR) is 97.3 cm³/mol. The van der Waals surface area contributed by atoms with Gasteiger partial charge in [-0.1, -0.05) is 29.4 Å². The first-order chi connectivity index (χ1) is 11.6. The number of benzene rings is 1. The number of hydrogen-bond donors (Lipinski definition) is 0. The van der Waals surface area contributed by atoms with E-state index in [-0.39, 0.29) is 5.91 Å². The lowest BCUT2D eigenvalue weighted by atomic mass is 9.94. The number of carbonyl (C=O) groups excluding carboxylic acids is 1. The Balaban J connectivity index is 1.51. The van der Waals surface area contributed by atoms with Gasteiger partial charge in [0.15, 0.2) is 0 Å². The Morgan fingerprint density at radius 1 is 1.33 bits per heavy atom. The Hall–Kier alpha value is -1.75. The summed E-state index contributed by atoms with van der Waals surface area (Å²) in [6.45, 7) is 7.73. The van der Waals surface area contributed by atoms with Crippen LogP contribution < -0.4 is 0 Å². The molecule has 0 radical (unpaired) electrons. The Bertz CT molecular complexity index is 706. The first kappa shape index (κ1) is 17.1. The molecular weight excluding hydrogens is 320 g/mol. The van der Waals surface area contributed by atoms with Gasteiger partial charge < -0.3 is 9.42 Å². The zero-order chi connectivity index (χ0) is 17.1. The van der Waals surface area contributed by atoms with Crippen molar-refractivity contribution in [2.75, 3.05) is 18.8 Å². The van der Waals surface area contributed by atoms with Gasteiger partial charge in [-0.15, -0.1) is 11.8 Å². The molecule has 0 saturated carbocycles. The van der Waals surface area contributed by atoms with Crippen molar-refractivity contribution in [3.05, 3.63) is 52.4 Å². The number of likely N-dealkylation sites (tertiary alicyclic amines) is 1. The van der Waals surface area contributed by atoms with Crippen LogP contribution in [0.4, 0.5) is 0 Å². The zero-order valence-electron chi connectivity index (χ0n) is 14.5. The first-order valence-corrected chi connectivity index (χ1v) is 9.54. The monoisotopic (exact) mass is 344 g/mol. The van der Waals surface area contributed by atoms with Crippen LogP contribution in [-0.4, -0.2) is 34.8 Å². The lowest BCUT2D eigenvalue weighted by Crippen LogP contribution is -2.30.